The second-order valence-electron chi connectivity index (χ2n) is 0.960. The number of rotatable bonds is 2. The van der Waals surface area contributed by atoms with E-state index >= 15 is 0 Å². The van der Waals surface area contributed by atoms with Gasteiger partial charge in [-0.25, -0.2) is 0 Å². The van der Waals surface area contributed by atoms with Crippen LogP contribution in [0.5, 0.6) is 0 Å². The summed E-state index contributed by atoms with van der Waals surface area (Å²) in [4.78, 5) is 11.2. The molecular formula is C4H5BrO2. The van der Waals surface area contributed by atoms with Crippen LogP contribution in [-0.4, -0.2) is 11.1 Å². The van der Waals surface area contributed by atoms with Crippen molar-refractivity contribution in [3.63, 3.8) is 0 Å². The molecule has 2 nitrogen and oxygen atoms in total. The first-order chi connectivity index (χ1) is 3.27. The fourth-order valence-electron chi connectivity index (χ4n) is 0.145. The maximum atomic E-state index is 9.69. The first-order valence-corrected chi connectivity index (χ1v) is 2.66. The molecule has 0 saturated carbocycles. The highest BCUT2D eigenvalue weighted by atomic mass is 79.9. The minimum Gasteiger partial charge on any atom is -0.481 e. The number of hydrogen-bond donors (Lipinski definition) is 1. The molecule has 40 valence electrons. The van der Waals surface area contributed by atoms with Crippen LogP contribution >= 0.6 is 15.9 Å². The second-order valence-corrected chi connectivity index (χ2v) is 1.49. The van der Waals surface area contributed by atoms with Crippen LogP contribution in [0.15, 0.2) is 11.1 Å². The van der Waals surface area contributed by atoms with Crippen LogP contribution in [-0.2, 0) is 4.79 Å². The van der Waals surface area contributed by atoms with Gasteiger partial charge in [0.1, 0.15) is 0 Å². The van der Waals surface area contributed by atoms with E-state index in [9.17, 15) is 4.79 Å². The van der Waals surface area contributed by atoms with Gasteiger partial charge in [-0.2, -0.15) is 0 Å². The lowest BCUT2D eigenvalue weighted by atomic mass is 10.4. The van der Waals surface area contributed by atoms with E-state index in [0.29, 0.717) is 0 Å². The lowest BCUT2D eigenvalue weighted by molar-refractivity contribution is -0.135. The first-order valence-electron chi connectivity index (χ1n) is 1.74. The molecule has 0 aromatic heterocycles. The molecule has 0 aliphatic rings. The molecule has 0 unspecified atom stereocenters. The average Bonchev–Trinajstić information content (AvgIpc) is 1.61. The van der Waals surface area contributed by atoms with Crippen molar-refractivity contribution >= 4 is 21.9 Å². The molecule has 7 heavy (non-hydrogen) atoms. The van der Waals surface area contributed by atoms with Crippen LogP contribution in [0, 0.1) is 0 Å². The number of carbonyl (C=O) groups is 1. The molecule has 0 rings (SSSR count). The Morgan fingerprint density at radius 3 is 2.57 bits per heavy atom. The first kappa shape index (κ1) is 6.69. The van der Waals surface area contributed by atoms with Crippen LogP contribution in [0.3, 0.4) is 0 Å². The second kappa shape index (κ2) is 3.87. The highest BCUT2D eigenvalue weighted by molar-refractivity contribution is 9.11. The molecule has 0 radical (unpaired) electrons. The van der Waals surface area contributed by atoms with Gasteiger partial charge in [0.2, 0.25) is 0 Å². The van der Waals surface area contributed by atoms with E-state index in [1.165, 1.54) is 11.1 Å². The molecule has 0 saturated heterocycles. The number of hydrogen-bond acceptors (Lipinski definition) is 1. The van der Waals surface area contributed by atoms with Crippen LogP contribution in [0.2, 0.25) is 0 Å². The maximum absolute atomic E-state index is 9.69. The van der Waals surface area contributed by atoms with Crippen molar-refractivity contribution in [2.24, 2.45) is 0 Å². The molecule has 0 aromatic carbocycles. The van der Waals surface area contributed by atoms with Crippen molar-refractivity contribution in [1.82, 2.24) is 0 Å². The molecule has 0 spiro atoms. The van der Waals surface area contributed by atoms with Crippen molar-refractivity contribution < 1.29 is 9.90 Å². The Morgan fingerprint density at radius 1 is 1.86 bits per heavy atom. The van der Waals surface area contributed by atoms with Crippen LogP contribution in [0.25, 0.3) is 0 Å². The molecule has 0 bridgehead atoms. The van der Waals surface area contributed by atoms with E-state index in [4.69, 9.17) is 5.11 Å². The summed E-state index contributed by atoms with van der Waals surface area (Å²) in [5.74, 6) is -0.810. The monoisotopic (exact) mass is 164 g/mol. The lowest BCUT2D eigenvalue weighted by Crippen LogP contribution is -1.88. The van der Waals surface area contributed by atoms with Gasteiger partial charge in [-0.05, 0) is 4.99 Å². The molecule has 0 aliphatic heterocycles. The van der Waals surface area contributed by atoms with Gasteiger partial charge in [0, 0.05) is 0 Å². The van der Waals surface area contributed by atoms with Gasteiger partial charge >= 0.3 is 5.97 Å². The smallest absolute Gasteiger partial charge is 0.307 e. The largest absolute Gasteiger partial charge is 0.481 e. The Balaban J connectivity index is 3.14. The van der Waals surface area contributed by atoms with Crippen LogP contribution < -0.4 is 0 Å². The third kappa shape index (κ3) is 5.69. The number of carboxylic acid groups (broad SMARTS) is 1. The lowest BCUT2D eigenvalue weighted by Gasteiger charge is -1.76. The summed E-state index contributed by atoms with van der Waals surface area (Å²) in [7, 11) is 0. The molecule has 0 fully saturated rings. The maximum Gasteiger partial charge on any atom is 0.307 e. The van der Waals surface area contributed by atoms with Gasteiger partial charge < -0.3 is 5.11 Å². The standard InChI is InChI=1S/C4H5BrO2/c5-3-1-2-4(6)7/h1,3H,2H2,(H,6,7)/b3-1+. The zero-order valence-electron chi connectivity index (χ0n) is 3.60. The van der Waals surface area contributed by atoms with Gasteiger partial charge in [-0.3, -0.25) is 4.79 Å². The third-order valence-corrected chi connectivity index (χ3v) is 0.755. The average molecular weight is 165 g/mol. The van der Waals surface area contributed by atoms with Crippen molar-refractivity contribution in [2.45, 2.75) is 6.42 Å². The van der Waals surface area contributed by atoms with E-state index in [-0.39, 0.29) is 6.42 Å². The molecule has 0 aromatic rings. The molecule has 0 atom stereocenters. The van der Waals surface area contributed by atoms with E-state index in [1.54, 1.807) is 0 Å². The van der Waals surface area contributed by atoms with Crippen LogP contribution in [0.1, 0.15) is 6.42 Å². The number of aliphatic carboxylic acids is 1. The normalized spacial score (nSPS) is 9.86. The zero-order chi connectivity index (χ0) is 5.70. The molecule has 3 heteroatoms. The van der Waals surface area contributed by atoms with Gasteiger partial charge in [0.15, 0.2) is 0 Å². The van der Waals surface area contributed by atoms with E-state index in [0.717, 1.165) is 0 Å². The van der Waals surface area contributed by atoms with Crippen molar-refractivity contribution in [2.75, 3.05) is 0 Å². The molecule has 1 N–H and O–H groups in total. The Labute approximate surface area is 50.0 Å². The summed E-state index contributed by atoms with van der Waals surface area (Å²) in [6.07, 6.45) is 1.60. The molecule has 0 amide bonds. The predicted octanol–water partition coefficient (Wildman–Crippen LogP) is 1.37. The Hall–Kier alpha value is -0.310. The predicted molar refractivity (Wildman–Crippen MR) is 30.3 cm³/mol. The minimum absolute atomic E-state index is 0.0885. The Morgan fingerprint density at radius 2 is 2.43 bits per heavy atom. The third-order valence-electron chi connectivity index (χ3n) is 0.382. The fraction of sp³-hybridized carbons (Fsp3) is 0.250. The summed E-state index contributed by atoms with van der Waals surface area (Å²) in [5, 5.41) is 7.97. The fourth-order valence-corrected chi connectivity index (χ4v) is 0.332. The van der Waals surface area contributed by atoms with Gasteiger partial charge in [0.05, 0.1) is 6.42 Å². The number of halogens is 1. The Bertz CT molecular complexity index is 87.7. The molecule has 0 heterocycles. The summed E-state index contributed by atoms with van der Waals surface area (Å²) in [6.45, 7) is 0. The van der Waals surface area contributed by atoms with E-state index in [1.807, 2.05) is 0 Å². The van der Waals surface area contributed by atoms with E-state index < -0.39 is 5.97 Å². The minimum atomic E-state index is -0.810. The molecular weight excluding hydrogens is 160 g/mol. The highest BCUT2D eigenvalue weighted by Crippen LogP contribution is 1.86. The van der Waals surface area contributed by atoms with Crippen molar-refractivity contribution in [1.29, 1.82) is 0 Å². The summed E-state index contributed by atoms with van der Waals surface area (Å²) >= 11 is 2.93. The van der Waals surface area contributed by atoms with E-state index in [2.05, 4.69) is 15.9 Å². The van der Waals surface area contributed by atoms with Crippen molar-refractivity contribution in [3.05, 3.63) is 11.1 Å². The summed E-state index contributed by atoms with van der Waals surface area (Å²) < 4.78 is 0. The number of carboxylic acids is 1. The van der Waals surface area contributed by atoms with Crippen LogP contribution in [0.4, 0.5) is 0 Å². The van der Waals surface area contributed by atoms with Crippen molar-refractivity contribution in [3.8, 4) is 0 Å². The SMILES string of the molecule is O=C(O)C/C=C/Br. The summed E-state index contributed by atoms with van der Waals surface area (Å²) in [6, 6.07) is 0. The molecule has 0 aliphatic carbocycles. The highest BCUT2D eigenvalue weighted by Gasteiger charge is 1.85. The quantitative estimate of drug-likeness (QED) is 0.670. The summed E-state index contributed by atoms with van der Waals surface area (Å²) in [5.41, 5.74) is 0. The topological polar surface area (TPSA) is 37.3 Å². The van der Waals surface area contributed by atoms with Gasteiger partial charge in [0.25, 0.3) is 0 Å². The van der Waals surface area contributed by atoms with Gasteiger partial charge in [-0.1, -0.05) is 22.0 Å². The zero-order valence-corrected chi connectivity index (χ0v) is 5.18. The Kier molecular flexibility index (Phi) is 3.69. The van der Waals surface area contributed by atoms with Gasteiger partial charge in [-0.15, -0.1) is 0 Å².